The molecular weight excluding hydrogens is 499 g/mol. The minimum Gasteiger partial charge on any atom is -0.494 e. The number of hydrogen-bond donors (Lipinski definition) is 1. The number of anilines is 1. The lowest BCUT2D eigenvalue weighted by Crippen LogP contribution is -2.40. The van der Waals surface area contributed by atoms with Crippen LogP contribution in [0.5, 0.6) is 11.5 Å². The Morgan fingerprint density at radius 3 is 2.23 bits per heavy atom. The highest BCUT2D eigenvalue weighted by Crippen LogP contribution is 2.40. The lowest BCUT2D eigenvalue weighted by Gasteiger charge is -2.39. The zero-order valence-corrected chi connectivity index (χ0v) is 24.3. The normalized spacial score (nSPS) is 17.5. The molecule has 0 aromatic heterocycles. The molecule has 3 aromatic carbocycles. The van der Waals surface area contributed by atoms with E-state index in [1.54, 1.807) is 12.1 Å². The number of benzene rings is 3. The van der Waals surface area contributed by atoms with Crippen molar-refractivity contribution in [2.24, 2.45) is 0 Å². The second kappa shape index (κ2) is 13.5. The fourth-order valence-corrected chi connectivity index (χ4v) is 6.71. The van der Waals surface area contributed by atoms with Crippen molar-refractivity contribution in [3.63, 3.8) is 0 Å². The maximum Gasteiger partial charge on any atom is 0.124 e. The van der Waals surface area contributed by atoms with Gasteiger partial charge in [-0.15, -0.1) is 0 Å². The van der Waals surface area contributed by atoms with Crippen molar-refractivity contribution < 1.29 is 13.9 Å². The van der Waals surface area contributed by atoms with E-state index in [9.17, 15) is 4.39 Å². The van der Waals surface area contributed by atoms with Gasteiger partial charge >= 0.3 is 0 Å². The molecule has 1 aliphatic heterocycles. The molecule has 40 heavy (non-hydrogen) atoms. The maximum absolute atomic E-state index is 13.3. The molecule has 1 saturated carbocycles. The second-order valence-electron chi connectivity index (χ2n) is 11.4. The first-order valence-corrected chi connectivity index (χ1v) is 15.3. The summed E-state index contributed by atoms with van der Waals surface area (Å²) in [5, 5.41) is 3.81. The van der Waals surface area contributed by atoms with Crippen molar-refractivity contribution in [3.05, 3.63) is 89.2 Å². The van der Waals surface area contributed by atoms with Gasteiger partial charge in [-0.05, 0) is 99.0 Å². The van der Waals surface area contributed by atoms with Crippen LogP contribution in [0.2, 0.25) is 0 Å². The topological polar surface area (TPSA) is 33.7 Å². The summed E-state index contributed by atoms with van der Waals surface area (Å²) in [7, 11) is 0. The van der Waals surface area contributed by atoms with E-state index < -0.39 is 0 Å². The number of nitrogens with zero attached hydrogens (tertiary/aromatic N) is 1. The quantitative estimate of drug-likeness (QED) is 0.265. The SMILES string of the molecule is CCOc1ccc(OCC)c(CNCC2(c3ccc(N4CCC(c5ccc(F)cc5)CC4)cc3)CCCCC2)c1. The lowest BCUT2D eigenvalue weighted by molar-refractivity contribution is 0.278. The van der Waals surface area contributed by atoms with Crippen LogP contribution in [0.25, 0.3) is 0 Å². The van der Waals surface area contributed by atoms with Crippen molar-refractivity contribution in [1.82, 2.24) is 5.32 Å². The Bertz CT molecular complexity index is 1200. The molecule has 1 aliphatic carbocycles. The first-order chi connectivity index (χ1) is 19.6. The molecule has 0 bridgehead atoms. The number of halogens is 1. The molecule has 3 aromatic rings. The average Bonchev–Trinajstić information content (AvgIpc) is 3.00. The third-order valence-corrected chi connectivity index (χ3v) is 8.91. The number of rotatable bonds is 11. The summed E-state index contributed by atoms with van der Waals surface area (Å²) in [6, 6.07) is 22.7. The summed E-state index contributed by atoms with van der Waals surface area (Å²) in [4.78, 5) is 2.51. The van der Waals surface area contributed by atoms with Crippen LogP contribution in [-0.4, -0.2) is 32.8 Å². The van der Waals surface area contributed by atoms with E-state index in [0.29, 0.717) is 19.1 Å². The van der Waals surface area contributed by atoms with Crippen molar-refractivity contribution >= 4 is 5.69 Å². The maximum atomic E-state index is 13.3. The third kappa shape index (κ3) is 6.80. The van der Waals surface area contributed by atoms with Gasteiger partial charge in [-0.2, -0.15) is 0 Å². The Kier molecular flexibility index (Phi) is 9.64. The molecule has 0 unspecified atom stereocenters. The molecule has 2 aliphatic rings. The van der Waals surface area contributed by atoms with Gasteiger partial charge in [-0.1, -0.05) is 43.5 Å². The molecule has 214 valence electrons. The summed E-state index contributed by atoms with van der Waals surface area (Å²) >= 11 is 0. The van der Waals surface area contributed by atoms with Crippen molar-refractivity contribution in [3.8, 4) is 11.5 Å². The van der Waals surface area contributed by atoms with Crippen LogP contribution >= 0.6 is 0 Å². The highest BCUT2D eigenvalue weighted by Gasteiger charge is 2.34. The van der Waals surface area contributed by atoms with Gasteiger partial charge in [0, 0.05) is 42.8 Å². The molecule has 1 heterocycles. The van der Waals surface area contributed by atoms with Crippen molar-refractivity contribution in [2.45, 2.75) is 76.7 Å². The van der Waals surface area contributed by atoms with Gasteiger partial charge < -0.3 is 19.7 Å². The molecule has 0 radical (unpaired) electrons. The Morgan fingerprint density at radius 1 is 0.850 bits per heavy atom. The van der Waals surface area contributed by atoms with Gasteiger partial charge in [0.1, 0.15) is 17.3 Å². The van der Waals surface area contributed by atoms with Gasteiger partial charge in [-0.3, -0.25) is 0 Å². The molecule has 1 N–H and O–H groups in total. The molecule has 2 fully saturated rings. The van der Waals surface area contributed by atoms with Crippen molar-refractivity contribution in [2.75, 3.05) is 37.7 Å². The van der Waals surface area contributed by atoms with Gasteiger partial charge in [0.2, 0.25) is 0 Å². The first kappa shape index (κ1) is 28.5. The Hall–Kier alpha value is -3.05. The summed E-state index contributed by atoms with van der Waals surface area (Å²) in [5.41, 5.74) is 5.35. The van der Waals surface area contributed by atoms with E-state index in [1.807, 2.05) is 38.1 Å². The third-order valence-electron chi connectivity index (χ3n) is 8.91. The van der Waals surface area contributed by atoms with E-state index >= 15 is 0 Å². The summed E-state index contributed by atoms with van der Waals surface area (Å²) < 4.78 is 25.0. The fraction of sp³-hybridized carbons (Fsp3) is 0.486. The molecular formula is C35H45FN2O2. The summed E-state index contributed by atoms with van der Waals surface area (Å²) in [5.74, 6) is 2.19. The van der Waals surface area contributed by atoms with E-state index in [-0.39, 0.29) is 11.2 Å². The zero-order chi connectivity index (χ0) is 27.8. The Balaban J connectivity index is 1.23. The standard InChI is InChI=1S/C35H45FN2O2/c1-3-39-33-16-17-34(40-4-2)29(24-33)25-37-26-35(20-6-5-7-21-35)30-10-14-32(15-11-30)38-22-18-28(19-23-38)27-8-12-31(36)13-9-27/h8-17,24,28,37H,3-7,18-23,25-26H2,1-2H3. The smallest absolute Gasteiger partial charge is 0.124 e. The molecule has 0 amide bonds. The Morgan fingerprint density at radius 2 is 1.55 bits per heavy atom. The summed E-state index contributed by atoms with van der Waals surface area (Å²) in [6.45, 7) is 9.16. The molecule has 5 heteroatoms. The van der Waals surface area contributed by atoms with Gasteiger partial charge in [-0.25, -0.2) is 4.39 Å². The predicted molar refractivity (Wildman–Crippen MR) is 162 cm³/mol. The molecule has 1 saturated heterocycles. The monoisotopic (exact) mass is 544 g/mol. The molecule has 5 rings (SSSR count). The van der Waals surface area contributed by atoms with Crippen molar-refractivity contribution in [1.29, 1.82) is 0 Å². The van der Waals surface area contributed by atoms with Crippen LogP contribution in [0.3, 0.4) is 0 Å². The lowest BCUT2D eigenvalue weighted by atomic mass is 9.69. The average molecular weight is 545 g/mol. The summed E-state index contributed by atoms with van der Waals surface area (Å²) in [6.07, 6.45) is 8.55. The highest BCUT2D eigenvalue weighted by atomic mass is 19.1. The second-order valence-corrected chi connectivity index (χ2v) is 11.4. The number of ether oxygens (including phenoxy) is 2. The van der Waals surface area contributed by atoms with E-state index in [2.05, 4.69) is 40.5 Å². The van der Waals surface area contributed by atoms with Crippen LogP contribution in [0.4, 0.5) is 10.1 Å². The fourth-order valence-electron chi connectivity index (χ4n) is 6.71. The van der Waals surface area contributed by atoms with E-state index in [1.165, 1.54) is 48.9 Å². The van der Waals surface area contributed by atoms with Gasteiger partial charge in [0.05, 0.1) is 13.2 Å². The predicted octanol–water partition coefficient (Wildman–Crippen LogP) is 8.00. The minimum atomic E-state index is -0.154. The van der Waals surface area contributed by atoms with E-state index in [4.69, 9.17) is 9.47 Å². The number of hydrogen-bond acceptors (Lipinski definition) is 4. The van der Waals surface area contributed by atoms with Gasteiger partial charge in [0.25, 0.3) is 0 Å². The van der Waals surface area contributed by atoms with Crippen LogP contribution in [0, 0.1) is 5.82 Å². The van der Waals surface area contributed by atoms with Crippen LogP contribution < -0.4 is 19.7 Å². The highest BCUT2D eigenvalue weighted by molar-refractivity contribution is 5.50. The number of piperidine rings is 1. The first-order valence-electron chi connectivity index (χ1n) is 15.3. The van der Waals surface area contributed by atoms with Crippen LogP contribution in [-0.2, 0) is 12.0 Å². The van der Waals surface area contributed by atoms with Gasteiger partial charge in [0.15, 0.2) is 0 Å². The Labute approximate surface area is 239 Å². The van der Waals surface area contributed by atoms with Crippen LogP contribution in [0.1, 0.15) is 81.4 Å². The molecule has 4 nitrogen and oxygen atoms in total. The largest absolute Gasteiger partial charge is 0.494 e. The van der Waals surface area contributed by atoms with Crippen LogP contribution in [0.15, 0.2) is 66.7 Å². The van der Waals surface area contributed by atoms with E-state index in [0.717, 1.165) is 56.1 Å². The molecule has 0 spiro atoms. The number of nitrogens with one attached hydrogen (secondary N) is 1. The molecule has 0 atom stereocenters. The zero-order valence-electron chi connectivity index (χ0n) is 24.3. The minimum absolute atomic E-state index is 0.154.